The highest BCUT2D eigenvalue weighted by atomic mass is 32.1. The molecular weight excluding hydrogens is 467 g/mol. The van der Waals surface area contributed by atoms with Gasteiger partial charge in [-0.1, -0.05) is 42.5 Å². The number of hydrazine groups is 1. The van der Waals surface area contributed by atoms with Crippen molar-refractivity contribution >= 4 is 40.7 Å². The fourth-order valence-corrected chi connectivity index (χ4v) is 4.08. The Balaban J connectivity index is 1.56. The molecule has 0 aromatic heterocycles. The Morgan fingerprint density at radius 1 is 1.00 bits per heavy atom. The zero-order valence-electron chi connectivity index (χ0n) is 18.9. The zero-order valence-corrected chi connectivity index (χ0v) is 19.7. The second kappa shape index (κ2) is 10.4. The smallest absolute Gasteiger partial charge is 0.269 e. The topological polar surface area (TPSA) is 81.8 Å². The maximum absolute atomic E-state index is 13.4. The molecule has 3 amide bonds. The number of carbonyl (C=O) groups excluding carboxylic acids is 3. The average Bonchev–Trinajstić information content (AvgIpc) is 3.04. The summed E-state index contributed by atoms with van der Waals surface area (Å²) in [6, 6.07) is 20.5. The first-order valence-corrected chi connectivity index (χ1v) is 11.3. The predicted molar refractivity (Wildman–Crippen MR) is 134 cm³/mol. The molecule has 1 fully saturated rings. The summed E-state index contributed by atoms with van der Waals surface area (Å²) in [5, 5.41) is 4.10. The van der Waals surface area contributed by atoms with Crippen LogP contribution in [0.25, 0.3) is 0 Å². The van der Waals surface area contributed by atoms with Crippen molar-refractivity contribution in [2.24, 2.45) is 0 Å². The van der Waals surface area contributed by atoms with Gasteiger partial charge < -0.3 is 5.32 Å². The fourth-order valence-electron chi connectivity index (χ4n) is 3.75. The second-order valence-corrected chi connectivity index (χ2v) is 8.51. The molecule has 9 heteroatoms. The molecule has 178 valence electrons. The summed E-state index contributed by atoms with van der Waals surface area (Å²) in [6.07, 6.45) is -0.234. The van der Waals surface area contributed by atoms with Gasteiger partial charge in [0.25, 0.3) is 11.8 Å². The van der Waals surface area contributed by atoms with Gasteiger partial charge in [0, 0.05) is 11.3 Å². The Bertz CT molecular complexity index is 1270. The lowest BCUT2D eigenvalue weighted by Gasteiger charge is -2.24. The van der Waals surface area contributed by atoms with E-state index < -0.39 is 29.6 Å². The van der Waals surface area contributed by atoms with E-state index in [0.29, 0.717) is 5.69 Å². The lowest BCUT2D eigenvalue weighted by molar-refractivity contribution is -0.131. The van der Waals surface area contributed by atoms with E-state index in [9.17, 15) is 18.8 Å². The number of hydrogen-bond acceptors (Lipinski definition) is 4. The van der Waals surface area contributed by atoms with Crippen LogP contribution in [0.1, 0.15) is 27.9 Å². The third-order valence-corrected chi connectivity index (χ3v) is 5.91. The van der Waals surface area contributed by atoms with Gasteiger partial charge in [-0.2, -0.15) is 0 Å². The van der Waals surface area contributed by atoms with Crippen LogP contribution >= 0.6 is 12.2 Å². The number of thiocarbonyl (C=S) groups is 1. The summed E-state index contributed by atoms with van der Waals surface area (Å²) in [7, 11) is 0. The van der Waals surface area contributed by atoms with Gasteiger partial charge in [0.1, 0.15) is 11.9 Å². The molecular formula is C26H23FN4O3S. The number of aryl methyl sites for hydroxylation is 1. The summed E-state index contributed by atoms with van der Waals surface area (Å²) in [5.74, 6) is -1.86. The zero-order chi connectivity index (χ0) is 24.9. The number of benzene rings is 3. The van der Waals surface area contributed by atoms with Gasteiger partial charge in [0.15, 0.2) is 5.11 Å². The maximum Gasteiger partial charge on any atom is 0.269 e. The minimum atomic E-state index is -1.04. The molecule has 4 rings (SSSR count). The number of rotatable bonds is 7. The van der Waals surface area contributed by atoms with Gasteiger partial charge in [-0.25, -0.2) is 9.40 Å². The molecule has 2 N–H and O–H groups in total. The first kappa shape index (κ1) is 24.0. The summed E-state index contributed by atoms with van der Waals surface area (Å²) in [5.41, 5.74) is 5.24. The quantitative estimate of drug-likeness (QED) is 0.493. The summed E-state index contributed by atoms with van der Waals surface area (Å²) >= 11 is 5.53. The van der Waals surface area contributed by atoms with E-state index >= 15 is 0 Å². The average molecular weight is 491 g/mol. The number of hydrogen-bond donors (Lipinski definition) is 2. The fraction of sp³-hybridized carbons (Fsp3) is 0.154. The van der Waals surface area contributed by atoms with Crippen LogP contribution in [0.15, 0.2) is 78.9 Å². The normalized spacial score (nSPS) is 15.3. The molecule has 7 nitrogen and oxygen atoms in total. The molecule has 3 aromatic carbocycles. The SMILES string of the molecule is Cc1cccc(NC(=O)CC2C(=O)N(Cc3ccccc3)C(=S)N2NC(=O)c2ccc(F)cc2)c1. The van der Waals surface area contributed by atoms with E-state index in [-0.39, 0.29) is 23.6 Å². The van der Waals surface area contributed by atoms with Crippen molar-refractivity contribution in [3.05, 3.63) is 101 Å². The summed E-state index contributed by atoms with van der Waals surface area (Å²) in [6.45, 7) is 2.10. The van der Waals surface area contributed by atoms with E-state index in [4.69, 9.17) is 12.2 Å². The molecule has 1 unspecified atom stereocenters. The van der Waals surface area contributed by atoms with E-state index in [1.54, 1.807) is 6.07 Å². The number of halogens is 1. The van der Waals surface area contributed by atoms with E-state index in [1.165, 1.54) is 22.0 Å². The highest BCUT2D eigenvalue weighted by Crippen LogP contribution is 2.23. The number of anilines is 1. The lowest BCUT2D eigenvalue weighted by Crippen LogP contribution is -2.49. The van der Waals surface area contributed by atoms with Crippen LogP contribution < -0.4 is 10.7 Å². The molecule has 3 aromatic rings. The number of amides is 3. The van der Waals surface area contributed by atoms with Gasteiger partial charge in [-0.15, -0.1) is 0 Å². The van der Waals surface area contributed by atoms with Crippen molar-refractivity contribution < 1.29 is 18.8 Å². The highest BCUT2D eigenvalue weighted by molar-refractivity contribution is 7.80. The molecule has 1 heterocycles. The molecule has 1 saturated heterocycles. The van der Waals surface area contributed by atoms with Crippen LogP contribution in [0.3, 0.4) is 0 Å². The van der Waals surface area contributed by atoms with Crippen molar-refractivity contribution in [2.75, 3.05) is 5.32 Å². The maximum atomic E-state index is 13.4. The molecule has 1 atom stereocenters. The molecule has 0 bridgehead atoms. The second-order valence-electron chi connectivity index (χ2n) is 8.15. The van der Waals surface area contributed by atoms with Crippen LogP contribution in [-0.4, -0.2) is 38.8 Å². The number of nitrogens with zero attached hydrogens (tertiary/aromatic N) is 2. The molecule has 0 aliphatic carbocycles. The van der Waals surface area contributed by atoms with Crippen LogP contribution in [0, 0.1) is 12.7 Å². The monoisotopic (exact) mass is 490 g/mol. The molecule has 0 saturated carbocycles. The Hall–Kier alpha value is -4.11. The third-order valence-electron chi connectivity index (χ3n) is 5.49. The number of nitrogens with one attached hydrogen (secondary N) is 2. The number of carbonyl (C=O) groups is 3. The highest BCUT2D eigenvalue weighted by Gasteiger charge is 2.44. The van der Waals surface area contributed by atoms with Gasteiger partial charge in [0.05, 0.1) is 13.0 Å². The standard InChI is InChI=1S/C26H23FN4O3S/c1-17-6-5-9-21(14-17)28-23(32)15-22-25(34)30(16-18-7-3-2-4-8-18)26(35)31(22)29-24(33)19-10-12-20(27)13-11-19/h2-14,22H,15-16H2,1H3,(H,28,32)(H,29,33). The molecule has 0 spiro atoms. The van der Waals surface area contributed by atoms with Crippen molar-refractivity contribution in [1.29, 1.82) is 0 Å². The van der Waals surface area contributed by atoms with Crippen molar-refractivity contribution in [3.63, 3.8) is 0 Å². The molecule has 1 aliphatic heterocycles. The van der Waals surface area contributed by atoms with Crippen molar-refractivity contribution in [3.8, 4) is 0 Å². The Morgan fingerprint density at radius 2 is 1.71 bits per heavy atom. The van der Waals surface area contributed by atoms with Crippen LogP contribution in [0.4, 0.5) is 10.1 Å². The lowest BCUT2D eigenvalue weighted by atomic mass is 10.1. The van der Waals surface area contributed by atoms with Crippen LogP contribution in [-0.2, 0) is 16.1 Å². The minimum absolute atomic E-state index is 0.0719. The van der Waals surface area contributed by atoms with E-state index in [2.05, 4.69) is 10.7 Å². The van der Waals surface area contributed by atoms with Gasteiger partial charge in [-0.3, -0.25) is 24.7 Å². The largest absolute Gasteiger partial charge is 0.326 e. The first-order chi connectivity index (χ1) is 16.8. The van der Waals surface area contributed by atoms with Crippen LogP contribution in [0.2, 0.25) is 0 Å². The minimum Gasteiger partial charge on any atom is -0.326 e. The third kappa shape index (κ3) is 5.70. The van der Waals surface area contributed by atoms with Crippen molar-refractivity contribution in [2.45, 2.75) is 25.9 Å². The Morgan fingerprint density at radius 3 is 2.40 bits per heavy atom. The molecule has 0 radical (unpaired) electrons. The molecule has 35 heavy (non-hydrogen) atoms. The Kier molecular flexibility index (Phi) is 7.17. The first-order valence-electron chi connectivity index (χ1n) is 10.9. The predicted octanol–water partition coefficient (Wildman–Crippen LogP) is 3.81. The summed E-state index contributed by atoms with van der Waals surface area (Å²) in [4.78, 5) is 40.4. The Labute approximate surface area is 207 Å². The summed E-state index contributed by atoms with van der Waals surface area (Å²) < 4.78 is 13.3. The van der Waals surface area contributed by atoms with Crippen molar-refractivity contribution in [1.82, 2.24) is 15.3 Å². The van der Waals surface area contributed by atoms with Gasteiger partial charge in [-0.05, 0) is 66.7 Å². The molecule has 1 aliphatic rings. The van der Waals surface area contributed by atoms with E-state index in [0.717, 1.165) is 23.3 Å². The van der Waals surface area contributed by atoms with E-state index in [1.807, 2.05) is 55.5 Å². The van der Waals surface area contributed by atoms with Gasteiger partial charge >= 0.3 is 0 Å². The van der Waals surface area contributed by atoms with Gasteiger partial charge in [0.2, 0.25) is 5.91 Å². The van der Waals surface area contributed by atoms with Crippen LogP contribution in [0.5, 0.6) is 0 Å².